The molecule has 0 saturated heterocycles. The summed E-state index contributed by atoms with van der Waals surface area (Å²) >= 11 is 0. The molecule has 0 saturated carbocycles. The van der Waals surface area contributed by atoms with E-state index in [1.165, 1.54) is 0 Å². The van der Waals surface area contributed by atoms with E-state index in [9.17, 15) is 0 Å². The van der Waals surface area contributed by atoms with Crippen LogP contribution < -0.4 is 0 Å². The third kappa shape index (κ3) is 2.07. The maximum absolute atomic E-state index is 3.89. The van der Waals surface area contributed by atoms with E-state index in [0.717, 1.165) is 12.1 Å². The van der Waals surface area contributed by atoms with Gasteiger partial charge in [-0.15, -0.1) is 0 Å². The molecule has 1 aliphatic carbocycles. The van der Waals surface area contributed by atoms with E-state index < -0.39 is 0 Å². The van der Waals surface area contributed by atoms with Crippen molar-refractivity contribution in [3.05, 3.63) is 23.9 Å². The zero-order valence-electron chi connectivity index (χ0n) is 8.17. The lowest BCUT2D eigenvalue weighted by molar-refractivity contribution is 0.293. The standard InChI is InChI=1S/C11H17N/c1-11(2,3)9-5-7-10(12-4)8-6-9/h5,7-9H,4,6H2,1-3H3. The lowest BCUT2D eigenvalue weighted by Crippen LogP contribution is -2.19. The van der Waals surface area contributed by atoms with Crippen molar-refractivity contribution in [1.29, 1.82) is 0 Å². The number of rotatable bonds is 1. The van der Waals surface area contributed by atoms with Gasteiger partial charge in [0.05, 0.1) is 5.70 Å². The van der Waals surface area contributed by atoms with Crippen molar-refractivity contribution in [3.8, 4) is 0 Å². The average Bonchev–Trinajstić information content (AvgIpc) is 2.03. The fourth-order valence-corrected chi connectivity index (χ4v) is 1.37. The molecular weight excluding hydrogens is 146 g/mol. The van der Waals surface area contributed by atoms with E-state index in [2.05, 4.69) is 50.7 Å². The predicted octanol–water partition coefficient (Wildman–Crippen LogP) is 3.19. The van der Waals surface area contributed by atoms with Crippen LogP contribution in [0.3, 0.4) is 0 Å². The summed E-state index contributed by atoms with van der Waals surface area (Å²) in [5, 5.41) is 0. The Balaban J connectivity index is 2.66. The summed E-state index contributed by atoms with van der Waals surface area (Å²) in [5.74, 6) is 0.642. The quantitative estimate of drug-likeness (QED) is 0.526. The first kappa shape index (κ1) is 9.24. The number of nitrogens with zero attached hydrogens (tertiary/aromatic N) is 1. The van der Waals surface area contributed by atoms with Crippen LogP contribution in [0.5, 0.6) is 0 Å². The maximum atomic E-state index is 3.89. The Kier molecular flexibility index (Phi) is 2.51. The zero-order valence-corrected chi connectivity index (χ0v) is 8.17. The molecule has 0 spiro atoms. The molecule has 1 atom stereocenters. The minimum atomic E-state index is 0.361. The summed E-state index contributed by atoms with van der Waals surface area (Å²) in [6.07, 6.45) is 7.55. The van der Waals surface area contributed by atoms with Crippen molar-refractivity contribution in [2.45, 2.75) is 27.2 Å². The normalized spacial score (nSPS) is 23.6. The van der Waals surface area contributed by atoms with Gasteiger partial charge in [-0.1, -0.05) is 32.9 Å². The van der Waals surface area contributed by atoms with Crippen LogP contribution in [0.15, 0.2) is 28.9 Å². The van der Waals surface area contributed by atoms with E-state index in [0.29, 0.717) is 11.3 Å². The van der Waals surface area contributed by atoms with E-state index in [4.69, 9.17) is 0 Å². The van der Waals surface area contributed by atoms with Gasteiger partial charge >= 0.3 is 0 Å². The maximum Gasteiger partial charge on any atom is 0.0579 e. The summed E-state index contributed by atoms with van der Waals surface area (Å²) in [4.78, 5) is 3.89. The van der Waals surface area contributed by atoms with Crippen LogP contribution in [0.25, 0.3) is 0 Å². The second-order valence-corrected chi connectivity index (χ2v) is 4.35. The summed E-state index contributed by atoms with van der Waals surface area (Å²) < 4.78 is 0. The van der Waals surface area contributed by atoms with Crippen LogP contribution in [0.4, 0.5) is 0 Å². The highest BCUT2D eigenvalue weighted by molar-refractivity contribution is 5.34. The van der Waals surface area contributed by atoms with Crippen LogP contribution >= 0.6 is 0 Å². The van der Waals surface area contributed by atoms with Gasteiger partial charge in [0.25, 0.3) is 0 Å². The zero-order chi connectivity index (χ0) is 9.19. The molecule has 0 bridgehead atoms. The third-order valence-corrected chi connectivity index (χ3v) is 2.38. The summed E-state index contributed by atoms with van der Waals surface area (Å²) in [6.45, 7) is 10.3. The first-order valence-corrected chi connectivity index (χ1v) is 4.39. The number of allylic oxidation sites excluding steroid dienone is 3. The van der Waals surface area contributed by atoms with Crippen LogP contribution in [0, 0.1) is 11.3 Å². The molecule has 0 aromatic heterocycles. The summed E-state index contributed by atoms with van der Waals surface area (Å²) in [7, 11) is 0. The van der Waals surface area contributed by atoms with Gasteiger partial charge in [0, 0.05) is 0 Å². The van der Waals surface area contributed by atoms with Gasteiger partial charge in [-0.25, -0.2) is 0 Å². The molecular formula is C11H17N. The molecule has 0 radical (unpaired) electrons. The Morgan fingerprint density at radius 1 is 1.50 bits per heavy atom. The lowest BCUT2D eigenvalue weighted by Gasteiger charge is -2.28. The van der Waals surface area contributed by atoms with Gasteiger partial charge in [-0.05, 0) is 30.5 Å². The highest BCUT2D eigenvalue weighted by atomic mass is 14.7. The minimum absolute atomic E-state index is 0.361. The second-order valence-electron chi connectivity index (χ2n) is 4.35. The first-order valence-electron chi connectivity index (χ1n) is 4.39. The van der Waals surface area contributed by atoms with Gasteiger partial charge in [0.2, 0.25) is 0 Å². The van der Waals surface area contributed by atoms with Crippen LogP contribution in [0.1, 0.15) is 27.2 Å². The molecule has 1 nitrogen and oxygen atoms in total. The van der Waals surface area contributed by atoms with Crippen LogP contribution in [-0.2, 0) is 0 Å². The molecule has 0 fully saturated rings. The van der Waals surface area contributed by atoms with Crippen LogP contribution in [-0.4, -0.2) is 6.72 Å². The molecule has 1 heteroatoms. The Morgan fingerprint density at radius 2 is 2.17 bits per heavy atom. The molecule has 0 heterocycles. The van der Waals surface area contributed by atoms with Gasteiger partial charge < -0.3 is 0 Å². The van der Waals surface area contributed by atoms with Gasteiger partial charge in [0.1, 0.15) is 0 Å². The molecule has 0 amide bonds. The molecule has 1 rings (SSSR count). The summed E-state index contributed by atoms with van der Waals surface area (Å²) in [6, 6.07) is 0. The lowest BCUT2D eigenvalue weighted by atomic mass is 9.77. The SMILES string of the molecule is C=NC1=CCC(C(C)(C)C)C=C1. The van der Waals surface area contributed by atoms with Gasteiger partial charge in [0.15, 0.2) is 0 Å². The van der Waals surface area contributed by atoms with Crippen molar-refractivity contribution in [2.75, 3.05) is 0 Å². The van der Waals surface area contributed by atoms with Crippen molar-refractivity contribution < 1.29 is 0 Å². The predicted molar refractivity (Wildman–Crippen MR) is 54.3 cm³/mol. The second kappa shape index (κ2) is 3.26. The first-order chi connectivity index (χ1) is 5.54. The van der Waals surface area contributed by atoms with E-state index in [1.54, 1.807) is 0 Å². The van der Waals surface area contributed by atoms with Gasteiger partial charge in [-0.3, -0.25) is 4.99 Å². The molecule has 0 N–H and O–H groups in total. The molecule has 1 unspecified atom stereocenters. The van der Waals surface area contributed by atoms with Gasteiger partial charge in [-0.2, -0.15) is 0 Å². The molecule has 0 aromatic rings. The Morgan fingerprint density at radius 3 is 2.50 bits per heavy atom. The fourth-order valence-electron chi connectivity index (χ4n) is 1.37. The highest BCUT2D eigenvalue weighted by Gasteiger charge is 2.22. The number of hydrogen-bond donors (Lipinski definition) is 0. The molecule has 66 valence electrons. The largest absolute Gasteiger partial charge is 0.265 e. The third-order valence-electron chi connectivity index (χ3n) is 2.38. The van der Waals surface area contributed by atoms with Crippen molar-refractivity contribution in [1.82, 2.24) is 0 Å². The number of hydrogen-bond acceptors (Lipinski definition) is 1. The van der Waals surface area contributed by atoms with Crippen LogP contribution in [0.2, 0.25) is 0 Å². The minimum Gasteiger partial charge on any atom is -0.265 e. The molecule has 0 aromatic carbocycles. The summed E-state index contributed by atoms with van der Waals surface area (Å²) in [5.41, 5.74) is 1.37. The Hall–Kier alpha value is -0.850. The average molecular weight is 163 g/mol. The van der Waals surface area contributed by atoms with Crippen molar-refractivity contribution in [2.24, 2.45) is 16.3 Å². The van der Waals surface area contributed by atoms with E-state index >= 15 is 0 Å². The molecule has 0 aliphatic heterocycles. The molecule has 12 heavy (non-hydrogen) atoms. The van der Waals surface area contributed by atoms with E-state index in [1.807, 2.05) is 0 Å². The Bertz CT molecular complexity index is 228. The Labute approximate surface area is 74.9 Å². The van der Waals surface area contributed by atoms with Crippen molar-refractivity contribution >= 4 is 6.72 Å². The van der Waals surface area contributed by atoms with E-state index in [-0.39, 0.29) is 0 Å². The smallest absolute Gasteiger partial charge is 0.0579 e. The monoisotopic (exact) mass is 163 g/mol. The molecule has 1 aliphatic rings. The topological polar surface area (TPSA) is 12.4 Å². The highest BCUT2D eigenvalue weighted by Crippen LogP contribution is 2.33. The van der Waals surface area contributed by atoms with Crippen molar-refractivity contribution in [3.63, 3.8) is 0 Å². The fraction of sp³-hybridized carbons (Fsp3) is 0.545. The number of aliphatic imine (C=N–C) groups is 1.